The molecule has 0 radical (unpaired) electrons. The minimum Gasteiger partial charge on any atom is -0.396 e. The molecule has 0 spiro atoms. The Labute approximate surface area is 106 Å². The van der Waals surface area contributed by atoms with Gasteiger partial charge in [-0.05, 0) is 43.5 Å². The van der Waals surface area contributed by atoms with Crippen LogP contribution < -0.4 is 0 Å². The van der Waals surface area contributed by atoms with Crippen molar-refractivity contribution in [1.29, 1.82) is 5.26 Å². The quantitative estimate of drug-likeness (QED) is 0.885. The summed E-state index contributed by atoms with van der Waals surface area (Å²) in [5.74, 6) is 0.261. The molecule has 4 heteroatoms. The van der Waals surface area contributed by atoms with Gasteiger partial charge in [0.2, 0.25) is 0 Å². The van der Waals surface area contributed by atoms with Crippen LogP contribution in [0.2, 0.25) is 0 Å². The van der Waals surface area contributed by atoms with Crippen LogP contribution in [-0.4, -0.2) is 29.7 Å². The normalized spacial score (nSPS) is 19.9. The molecule has 18 heavy (non-hydrogen) atoms. The van der Waals surface area contributed by atoms with E-state index in [1.54, 1.807) is 6.07 Å². The van der Waals surface area contributed by atoms with E-state index in [0.29, 0.717) is 23.6 Å². The van der Waals surface area contributed by atoms with Crippen molar-refractivity contribution in [3.8, 4) is 6.07 Å². The van der Waals surface area contributed by atoms with Crippen LogP contribution >= 0.6 is 0 Å². The SMILES string of the molecule is N#Cc1ccc(F)c(CN2CCC(CCO)C2)c1. The monoisotopic (exact) mass is 248 g/mol. The highest BCUT2D eigenvalue weighted by Gasteiger charge is 2.22. The first-order valence-electron chi connectivity index (χ1n) is 6.24. The molecule has 1 atom stereocenters. The molecule has 1 aliphatic heterocycles. The fraction of sp³-hybridized carbons (Fsp3) is 0.500. The second kappa shape index (κ2) is 5.94. The molecule has 1 unspecified atom stereocenters. The molecular formula is C14H17FN2O. The van der Waals surface area contributed by atoms with Crippen molar-refractivity contribution in [1.82, 2.24) is 4.90 Å². The predicted molar refractivity (Wildman–Crippen MR) is 66.2 cm³/mol. The molecule has 1 fully saturated rings. The van der Waals surface area contributed by atoms with Crippen LogP contribution in [0.4, 0.5) is 4.39 Å². The van der Waals surface area contributed by atoms with Crippen LogP contribution in [0.5, 0.6) is 0 Å². The van der Waals surface area contributed by atoms with Crippen LogP contribution in [0.1, 0.15) is 24.0 Å². The van der Waals surface area contributed by atoms with Gasteiger partial charge in [-0.1, -0.05) is 0 Å². The zero-order chi connectivity index (χ0) is 13.0. The molecule has 0 aromatic heterocycles. The Morgan fingerprint density at radius 1 is 1.50 bits per heavy atom. The molecule has 1 saturated heterocycles. The summed E-state index contributed by atoms with van der Waals surface area (Å²) < 4.78 is 13.6. The first-order chi connectivity index (χ1) is 8.72. The fourth-order valence-electron chi connectivity index (χ4n) is 2.48. The summed E-state index contributed by atoms with van der Waals surface area (Å²) >= 11 is 0. The van der Waals surface area contributed by atoms with E-state index in [4.69, 9.17) is 10.4 Å². The number of aliphatic hydroxyl groups is 1. The molecule has 1 aromatic carbocycles. The smallest absolute Gasteiger partial charge is 0.127 e. The van der Waals surface area contributed by atoms with Gasteiger partial charge in [-0.15, -0.1) is 0 Å². The molecule has 1 N–H and O–H groups in total. The van der Waals surface area contributed by atoms with Crippen molar-refractivity contribution in [3.05, 3.63) is 35.1 Å². The van der Waals surface area contributed by atoms with Crippen molar-refractivity contribution in [2.24, 2.45) is 5.92 Å². The van der Waals surface area contributed by atoms with Crippen molar-refractivity contribution < 1.29 is 9.50 Å². The lowest BCUT2D eigenvalue weighted by Crippen LogP contribution is -2.21. The van der Waals surface area contributed by atoms with E-state index in [0.717, 1.165) is 25.9 Å². The van der Waals surface area contributed by atoms with Crippen LogP contribution in [0, 0.1) is 23.1 Å². The average molecular weight is 248 g/mol. The number of halogens is 1. The van der Waals surface area contributed by atoms with Gasteiger partial charge in [0.25, 0.3) is 0 Å². The van der Waals surface area contributed by atoms with Crippen LogP contribution in [-0.2, 0) is 6.54 Å². The number of hydrogen-bond donors (Lipinski definition) is 1. The Kier molecular flexibility index (Phi) is 4.29. The highest BCUT2D eigenvalue weighted by molar-refractivity contribution is 5.33. The van der Waals surface area contributed by atoms with Gasteiger partial charge in [0, 0.05) is 25.3 Å². The maximum absolute atomic E-state index is 13.6. The maximum Gasteiger partial charge on any atom is 0.127 e. The zero-order valence-corrected chi connectivity index (χ0v) is 10.3. The van der Waals surface area contributed by atoms with Crippen molar-refractivity contribution in [2.45, 2.75) is 19.4 Å². The molecular weight excluding hydrogens is 231 g/mol. The van der Waals surface area contributed by atoms with E-state index < -0.39 is 0 Å². The van der Waals surface area contributed by atoms with Gasteiger partial charge >= 0.3 is 0 Å². The van der Waals surface area contributed by atoms with Gasteiger partial charge in [-0.25, -0.2) is 4.39 Å². The Morgan fingerprint density at radius 2 is 2.33 bits per heavy atom. The summed E-state index contributed by atoms with van der Waals surface area (Å²) in [7, 11) is 0. The number of likely N-dealkylation sites (tertiary alicyclic amines) is 1. The first kappa shape index (κ1) is 13.0. The number of nitrogens with zero attached hydrogens (tertiary/aromatic N) is 2. The van der Waals surface area contributed by atoms with E-state index >= 15 is 0 Å². The van der Waals surface area contributed by atoms with Gasteiger partial charge in [-0.2, -0.15) is 5.26 Å². The predicted octanol–water partition coefficient (Wildman–Crippen LogP) is 1.90. The molecule has 1 heterocycles. The van der Waals surface area contributed by atoms with E-state index in [-0.39, 0.29) is 12.4 Å². The topological polar surface area (TPSA) is 47.3 Å². The van der Waals surface area contributed by atoms with E-state index in [9.17, 15) is 4.39 Å². The molecule has 2 rings (SSSR count). The summed E-state index contributed by atoms with van der Waals surface area (Å²) in [5, 5.41) is 17.7. The molecule has 0 saturated carbocycles. The lowest BCUT2D eigenvalue weighted by atomic mass is 10.1. The largest absolute Gasteiger partial charge is 0.396 e. The molecule has 96 valence electrons. The summed E-state index contributed by atoms with van der Waals surface area (Å²) in [5.41, 5.74) is 1.08. The summed E-state index contributed by atoms with van der Waals surface area (Å²) in [6.45, 7) is 2.59. The van der Waals surface area contributed by atoms with Crippen molar-refractivity contribution >= 4 is 0 Å². The van der Waals surface area contributed by atoms with Gasteiger partial charge in [0.15, 0.2) is 0 Å². The van der Waals surface area contributed by atoms with Gasteiger partial charge in [-0.3, -0.25) is 4.90 Å². The number of benzene rings is 1. The Bertz CT molecular complexity index is 456. The standard InChI is InChI=1S/C14H17FN2O/c15-14-2-1-12(8-16)7-13(14)10-17-5-3-11(9-17)4-6-18/h1-2,7,11,18H,3-6,9-10H2. The number of aliphatic hydroxyl groups excluding tert-OH is 1. The molecule has 0 amide bonds. The van der Waals surface area contributed by atoms with Gasteiger partial charge < -0.3 is 5.11 Å². The number of nitriles is 1. The molecule has 0 aliphatic carbocycles. The van der Waals surface area contributed by atoms with Crippen LogP contribution in [0.15, 0.2) is 18.2 Å². The third-order valence-corrected chi connectivity index (χ3v) is 3.48. The Morgan fingerprint density at radius 3 is 3.06 bits per heavy atom. The third-order valence-electron chi connectivity index (χ3n) is 3.48. The Balaban J connectivity index is 2.00. The van der Waals surface area contributed by atoms with Crippen LogP contribution in [0.25, 0.3) is 0 Å². The number of rotatable bonds is 4. The first-order valence-corrected chi connectivity index (χ1v) is 6.24. The highest BCUT2D eigenvalue weighted by atomic mass is 19.1. The number of hydrogen-bond acceptors (Lipinski definition) is 3. The van der Waals surface area contributed by atoms with E-state index in [1.807, 2.05) is 6.07 Å². The summed E-state index contributed by atoms with van der Waals surface area (Å²) in [4.78, 5) is 2.18. The van der Waals surface area contributed by atoms with Gasteiger partial charge in [0.1, 0.15) is 5.82 Å². The molecule has 3 nitrogen and oxygen atoms in total. The summed E-state index contributed by atoms with van der Waals surface area (Å²) in [6.07, 6.45) is 1.87. The summed E-state index contributed by atoms with van der Waals surface area (Å²) in [6, 6.07) is 6.50. The maximum atomic E-state index is 13.6. The third kappa shape index (κ3) is 3.06. The zero-order valence-electron chi connectivity index (χ0n) is 10.3. The van der Waals surface area contributed by atoms with Crippen LogP contribution in [0.3, 0.4) is 0 Å². The molecule has 1 aliphatic rings. The van der Waals surface area contributed by atoms with E-state index in [1.165, 1.54) is 12.1 Å². The fourth-order valence-corrected chi connectivity index (χ4v) is 2.48. The second-order valence-electron chi connectivity index (χ2n) is 4.82. The highest BCUT2D eigenvalue weighted by Crippen LogP contribution is 2.22. The van der Waals surface area contributed by atoms with Crippen molar-refractivity contribution in [2.75, 3.05) is 19.7 Å². The Hall–Kier alpha value is -1.44. The van der Waals surface area contributed by atoms with Crippen molar-refractivity contribution in [3.63, 3.8) is 0 Å². The van der Waals surface area contributed by atoms with Gasteiger partial charge in [0.05, 0.1) is 11.6 Å². The van der Waals surface area contributed by atoms with E-state index in [2.05, 4.69) is 4.90 Å². The lowest BCUT2D eigenvalue weighted by molar-refractivity contribution is 0.248. The minimum absolute atomic E-state index is 0.219. The average Bonchev–Trinajstić information content (AvgIpc) is 2.80. The minimum atomic E-state index is -0.250. The molecule has 0 bridgehead atoms. The lowest BCUT2D eigenvalue weighted by Gasteiger charge is -2.16. The second-order valence-corrected chi connectivity index (χ2v) is 4.82. The molecule has 1 aromatic rings.